The maximum absolute atomic E-state index is 13.3. The molecule has 1 amide bonds. The highest BCUT2D eigenvalue weighted by Gasteiger charge is 2.29. The van der Waals surface area contributed by atoms with Crippen LogP contribution in [0.2, 0.25) is 5.02 Å². The fourth-order valence-corrected chi connectivity index (χ4v) is 5.70. The van der Waals surface area contributed by atoms with Crippen LogP contribution in [0.1, 0.15) is 21.5 Å². The number of carbonyl (C=O) groups is 2. The summed E-state index contributed by atoms with van der Waals surface area (Å²) in [7, 11) is -3.99. The molecule has 1 aromatic heterocycles. The Kier molecular flexibility index (Phi) is 7.52. The van der Waals surface area contributed by atoms with E-state index in [0.29, 0.717) is 21.8 Å². The summed E-state index contributed by atoms with van der Waals surface area (Å²) >= 11 is 7.26. The van der Waals surface area contributed by atoms with Crippen molar-refractivity contribution in [3.8, 4) is 0 Å². The number of carbonyl (C=O) groups excluding carboxylic acids is 2. The Morgan fingerprint density at radius 3 is 2.59 bits per heavy atom. The van der Waals surface area contributed by atoms with Crippen LogP contribution in [0.25, 0.3) is 0 Å². The molecule has 0 spiro atoms. The molecular formula is C21H20ClN3O5S2. The SMILES string of the molecule is Cc1c(Cl)cccc1N(CC(=O)NCc1cccc(C(=O)ON)c1)S(=O)(=O)c1cccs1. The Hall–Kier alpha value is -2.92. The van der Waals surface area contributed by atoms with Gasteiger partial charge in [0.25, 0.3) is 10.0 Å². The molecule has 0 unspecified atom stereocenters. The van der Waals surface area contributed by atoms with Crippen molar-refractivity contribution < 1.29 is 22.8 Å². The molecule has 1 heterocycles. The number of nitrogens with two attached hydrogens (primary N) is 1. The van der Waals surface area contributed by atoms with E-state index in [1.165, 1.54) is 18.2 Å². The summed E-state index contributed by atoms with van der Waals surface area (Å²) in [6, 6.07) is 14.4. The molecule has 0 radical (unpaired) electrons. The number of nitrogens with zero attached hydrogens (tertiary/aromatic N) is 1. The first-order chi connectivity index (χ1) is 15.2. The monoisotopic (exact) mass is 493 g/mol. The zero-order valence-corrected chi connectivity index (χ0v) is 19.3. The quantitative estimate of drug-likeness (QED) is 0.465. The highest BCUT2D eigenvalue weighted by molar-refractivity contribution is 7.94. The molecule has 8 nitrogen and oxygen atoms in total. The number of hydrogen-bond donors (Lipinski definition) is 2. The Morgan fingerprint density at radius 1 is 1.16 bits per heavy atom. The topological polar surface area (TPSA) is 119 Å². The molecule has 0 saturated carbocycles. The Balaban J connectivity index is 1.83. The lowest BCUT2D eigenvalue weighted by atomic mass is 10.1. The van der Waals surface area contributed by atoms with Gasteiger partial charge < -0.3 is 10.2 Å². The van der Waals surface area contributed by atoms with Crippen LogP contribution in [0.3, 0.4) is 0 Å². The lowest BCUT2D eigenvalue weighted by molar-refractivity contribution is -0.119. The maximum Gasteiger partial charge on any atom is 0.356 e. The number of rotatable bonds is 8. The average molecular weight is 494 g/mol. The molecule has 0 saturated heterocycles. The van der Waals surface area contributed by atoms with Crippen molar-refractivity contribution in [3.05, 3.63) is 81.7 Å². The third-order valence-electron chi connectivity index (χ3n) is 4.59. The van der Waals surface area contributed by atoms with Crippen LogP contribution in [0.15, 0.2) is 64.2 Å². The van der Waals surface area contributed by atoms with Gasteiger partial charge in [0.15, 0.2) is 0 Å². The second kappa shape index (κ2) is 10.1. The normalized spacial score (nSPS) is 11.1. The molecule has 0 aliphatic rings. The average Bonchev–Trinajstić information content (AvgIpc) is 3.34. The Morgan fingerprint density at radius 2 is 1.91 bits per heavy atom. The fourth-order valence-electron chi connectivity index (χ4n) is 2.95. The molecule has 11 heteroatoms. The Labute approximate surface area is 194 Å². The first-order valence-electron chi connectivity index (χ1n) is 9.32. The van der Waals surface area contributed by atoms with Gasteiger partial charge in [-0.2, -0.15) is 5.90 Å². The van der Waals surface area contributed by atoms with E-state index in [2.05, 4.69) is 10.2 Å². The van der Waals surface area contributed by atoms with E-state index in [9.17, 15) is 18.0 Å². The van der Waals surface area contributed by atoms with E-state index in [1.54, 1.807) is 48.7 Å². The van der Waals surface area contributed by atoms with Crippen LogP contribution in [-0.2, 0) is 26.2 Å². The minimum absolute atomic E-state index is 0.0753. The van der Waals surface area contributed by atoms with Gasteiger partial charge in [0.05, 0.1) is 11.3 Å². The number of amides is 1. The number of thiophene rings is 1. The number of sulfonamides is 1. The number of anilines is 1. The highest BCUT2D eigenvalue weighted by Crippen LogP contribution is 2.32. The first kappa shape index (κ1) is 23.7. The van der Waals surface area contributed by atoms with Crippen molar-refractivity contribution in [1.29, 1.82) is 0 Å². The van der Waals surface area contributed by atoms with Crippen LogP contribution in [-0.4, -0.2) is 26.8 Å². The van der Waals surface area contributed by atoms with Crippen molar-refractivity contribution in [2.75, 3.05) is 10.8 Å². The van der Waals surface area contributed by atoms with Crippen LogP contribution < -0.4 is 15.5 Å². The maximum atomic E-state index is 13.3. The lowest BCUT2D eigenvalue weighted by Crippen LogP contribution is -2.40. The molecule has 0 bridgehead atoms. The largest absolute Gasteiger partial charge is 0.370 e. The van der Waals surface area contributed by atoms with E-state index in [1.807, 2.05) is 0 Å². The molecule has 3 aromatic rings. The standard InChI is InChI=1S/C21H20ClN3O5S2/c1-14-17(22)7-3-8-18(14)25(32(28,29)20-9-4-10-31-20)13-19(26)24-12-15-5-2-6-16(11-15)21(27)30-23/h2-11H,12-13,23H2,1H3,(H,24,26). The minimum atomic E-state index is -3.99. The van der Waals surface area contributed by atoms with Crippen LogP contribution in [0.5, 0.6) is 0 Å². The van der Waals surface area contributed by atoms with Gasteiger partial charge in [0.1, 0.15) is 10.8 Å². The minimum Gasteiger partial charge on any atom is -0.370 e. The van der Waals surface area contributed by atoms with Crippen LogP contribution >= 0.6 is 22.9 Å². The van der Waals surface area contributed by atoms with E-state index >= 15 is 0 Å². The third kappa shape index (κ3) is 5.28. The van der Waals surface area contributed by atoms with Crippen molar-refractivity contribution in [3.63, 3.8) is 0 Å². The van der Waals surface area contributed by atoms with Crippen molar-refractivity contribution >= 4 is 50.5 Å². The third-order valence-corrected chi connectivity index (χ3v) is 8.14. The summed E-state index contributed by atoms with van der Waals surface area (Å²) in [5.74, 6) is 3.66. The summed E-state index contributed by atoms with van der Waals surface area (Å²) in [6.45, 7) is 1.31. The molecule has 3 N–H and O–H groups in total. The van der Waals surface area contributed by atoms with Gasteiger partial charge in [-0.05, 0) is 53.8 Å². The summed E-state index contributed by atoms with van der Waals surface area (Å²) in [5, 5.41) is 4.71. The Bertz CT molecular complexity index is 1230. The van der Waals surface area contributed by atoms with Gasteiger partial charge in [-0.3, -0.25) is 9.10 Å². The molecule has 2 aromatic carbocycles. The van der Waals surface area contributed by atoms with Crippen molar-refractivity contribution in [1.82, 2.24) is 5.32 Å². The summed E-state index contributed by atoms with van der Waals surface area (Å²) in [5.41, 5.74) is 1.70. The van der Waals surface area contributed by atoms with E-state index < -0.39 is 28.4 Å². The van der Waals surface area contributed by atoms with Gasteiger partial charge in [0.2, 0.25) is 5.91 Å². The predicted octanol–water partition coefficient (Wildman–Crippen LogP) is 3.25. The molecule has 168 valence electrons. The van der Waals surface area contributed by atoms with Crippen LogP contribution in [0.4, 0.5) is 5.69 Å². The molecule has 0 aliphatic heterocycles. The fraction of sp³-hybridized carbons (Fsp3) is 0.143. The van der Waals surface area contributed by atoms with Gasteiger partial charge in [-0.1, -0.05) is 35.9 Å². The summed E-state index contributed by atoms with van der Waals surface area (Å²) < 4.78 is 27.7. The van der Waals surface area contributed by atoms with Crippen LogP contribution in [0, 0.1) is 6.92 Å². The second-order valence-electron chi connectivity index (χ2n) is 6.71. The molecular weight excluding hydrogens is 474 g/mol. The van der Waals surface area contributed by atoms with Gasteiger partial charge in [-0.25, -0.2) is 13.2 Å². The zero-order chi connectivity index (χ0) is 23.3. The van der Waals surface area contributed by atoms with E-state index in [0.717, 1.165) is 15.6 Å². The van der Waals surface area contributed by atoms with Gasteiger partial charge in [-0.15, -0.1) is 11.3 Å². The predicted molar refractivity (Wildman–Crippen MR) is 123 cm³/mol. The lowest BCUT2D eigenvalue weighted by Gasteiger charge is -2.25. The number of nitrogens with one attached hydrogen (secondary N) is 1. The highest BCUT2D eigenvalue weighted by atomic mass is 35.5. The second-order valence-corrected chi connectivity index (χ2v) is 10.2. The van der Waals surface area contributed by atoms with E-state index in [4.69, 9.17) is 17.5 Å². The summed E-state index contributed by atoms with van der Waals surface area (Å²) in [6.07, 6.45) is 0. The smallest absolute Gasteiger partial charge is 0.356 e. The molecule has 0 atom stereocenters. The van der Waals surface area contributed by atoms with Gasteiger partial charge in [0, 0.05) is 11.6 Å². The molecule has 32 heavy (non-hydrogen) atoms. The first-order valence-corrected chi connectivity index (χ1v) is 12.0. The van der Waals surface area contributed by atoms with Crippen molar-refractivity contribution in [2.24, 2.45) is 5.90 Å². The van der Waals surface area contributed by atoms with Crippen molar-refractivity contribution in [2.45, 2.75) is 17.7 Å². The number of halogens is 1. The molecule has 3 rings (SSSR count). The molecule has 0 aliphatic carbocycles. The summed E-state index contributed by atoms with van der Waals surface area (Å²) in [4.78, 5) is 28.5. The zero-order valence-electron chi connectivity index (χ0n) is 16.9. The number of hydrogen-bond acceptors (Lipinski definition) is 7. The number of benzene rings is 2. The molecule has 0 fully saturated rings. The van der Waals surface area contributed by atoms with E-state index in [-0.39, 0.29) is 16.3 Å². The van der Waals surface area contributed by atoms with Gasteiger partial charge >= 0.3 is 5.97 Å².